The van der Waals surface area contributed by atoms with E-state index in [1.165, 1.54) is 24.3 Å². The molecule has 164 valence electrons. The van der Waals surface area contributed by atoms with Gasteiger partial charge < -0.3 is 25.6 Å². The molecule has 4 N–H and O–H groups in total. The predicted molar refractivity (Wildman–Crippen MR) is 107 cm³/mol. The van der Waals surface area contributed by atoms with Gasteiger partial charge >= 0.3 is 12.1 Å². The summed E-state index contributed by atoms with van der Waals surface area (Å²) in [7, 11) is 0. The second-order valence-electron chi connectivity index (χ2n) is 6.47. The van der Waals surface area contributed by atoms with E-state index in [0.717, 1.165) is 5.56 Å². The zero-order valence-corrected chi connectivity index (χ0v) is 16.3. The minimum atomic E-state index is -1.43. The molecule has 0 saturated heterocycles. The standard InChI is InChI=1S/C20H21N3O8/c24-11-17(22-20(28)31-12-14-4-2-1-3-5-14)18(25)21-16(19(26)27)10-13-6-8-15(9-7-13)23(29)30/h1-9,16-17,24H,10-12H2,(H,21,25)(H,22,28)(H,26,27)/t16-,17-/m0/s1. The smallest absolute Gasteiger partial charge is 0.408 e. The van der Waals surface area contributed by atoms with Gasteiger partial charge in [-0.2, -0.15) is 0 Å². The number of nitro benzene ring substituents is 1. The van der Waals surface area contributed by atoms with Gasteiger partial charge in [0.25, 0.3) is 5.69 Å². The molecular weight excluding hydrogens is 410 g/mol. The first-order valence-electron chi connectivity index (χ1n) is 9.14. The van der Waals surface area contributed by atoms with Crippen molar-refractivity contribution >= 4 is 23.7 Å². The fourth-order valence-corrected chi connectivity index (χ4v) is 2.56. The molecule has 2 rings (SSSR count). The van der Waals surface area contributed by atoms with Gasteiger partial charge in [-0.05, 0) is 11.1 Å². The number of alkyl carbamates (subject to hydrolysis) is 1. The number of nitrogens with zero attached hydrogens (tertiary/aromatic N) is 1. The molecule has 0 aliphatic carbocycles. The van der Waals surface area contributed by atoms with E-state index in [2.05, 4.69) is 10.6 Å². The van der Waals surface area contributed by atoms with Crippen molar-refractivity contribution in [3.05, 3.63) is 75.8 Å². The first-order valence-corrected chi connectivity index (χ1v) is 9.14. The summed E-state index contributed by atoms with van der Waals surface area (Å²) in [5, 5.41) is 33.9. The maximum atomic E-state index is 12.3. The fourth-order valence-electron chi connectivity index (χ4n) is 2.56. The number of non-ortho nitro benzene ring substituents is 1. The van der Waals surface area contributed by atoms with Gasteiger partial charge in [-0.15, -0.1) is 0 Å². The van der Waals surface area contributed by atoms with Crippen molar-refractivity contribution < 1.29 is 34.3 Å². The second kappa shape index (κ2) is 11.3. The molecule has 0 fully saturated rings. The van der Waals surface area contributed by atoms with Gasteiger partial charge in [-0.3, -0.25) is 14.9 Å². The van der Waals surface area contributed by atoms with Gasteiger partial charge in [0.2, 0.25) is 5.91 Å². The molecule has 11 heteroatoms. The summed E-state index contributed by atoms with van der Waals surface area (Å²) in [5.74, 6) is -2.27. The molecule has 0 saturated carbocycles. The van der Waals surface area contributed by atoms with Crippen LogP contribution in [0.15, 0.2) is 54.6 Å². The van der Waals surface area contributed by atoms with E-state index in [0.29, 0.717) is 5.56 Å². The number of hydrogen-bond donors (Lipinski definition) is 4. The van der Waals surface area contributed by atoms with E-state index in [-0.39, 0.29) is 18.7 Å². The number of carbonyl (C=O) groups excluding carboxylic acids is 2. The molecule has 2 aromatic rings. The van der Waals surface area contributed by atoms with Crippen LogP contribution in [-0.4, -0.2) is 51.8 Å². The number of carbonyl (C=O) groups is 3. The van der Waals surface area contributed by atoms with Crippen molar-refractivity contribution in [3.63, 3.8) is 0 Å². The van der Waals surface area contributed by atoms with Gasteiger partial charge in [0.05, 0.1) is 11.5 Å². The van der Waals surface area contributed by atoms with Crippen LogP contribution in [0.4, 0.5) is 10.5 Å². The molecule has 11 nitrogen and oxygen atoms in total. The number of aliphatic hydroxyl groups is 1. The molecule has 0 unspecified atom stereocenters. The number of aliphatic carboxylic acids is 1. The highest BCUT2D eigenvalue weighted by Gasteiger charge is 2.27. The average Bonchev–Trinajstić information content (AvgIpc) is 2.76. The Morgan fingerprint density at radius 3 is 2.16 bits per heavy atom. The molecule has 2 aromatic carbocycles. The summed E-state index contributed by atoms with van der Waals surface area (Å²) in [6.07, 6.45) is -1.12. The van der Waals surface area contributed by atoms with Crippen LogP contribution < -0.4 is 10.6 Å². The van der Waals surface area contributed by atoms with Crippen LogP contribution in [0, 0.1) is 10.1 Å². The third-order valence-electron chi connectivity index (χ3n) is 4.21. The number of benzene rings is 2. The van der Waals surface area contributed by atoms with E-state index in [1.807, 2.05) is 0 Å². The number of nitro groups is 1. The Morgan fingerprint density at radius 2 is 1.61 bits per heavy atom. The summed E-state index contributed by atoms with van der Waals surface area (Å²) < 4.78 is 4.98. The predicted octanol–water partition coefficient (Wildman–Crippen LogP) is 0.994. The summed E-state index contributed by atoms with van der Waals surface area (Å²) in [4.78, 5) is 45.8. The molecule has 31 heavy (non-hydrogen) atoms. The Kier molecular flexibility index (Phi) is 8.46. The summed E-state index contributed by atoms with van der Waals surface area (Å²) in [5.41, 5.74) is 1.00. The molecule has 0 spiro atoms. The molecule has 2 atom stereocenters. The molecule has 0 aromatic heterocycles. The van der Waals surface area contributed by atoms with Crippen LogP contribution in [0.3, 0.4) is 0 Å². The van der Waals surface area contributed by atoms with Crippen molar-refractivity contribution in [1.29, 1.82) is 0 Å². The SMILES string of the molecule is O=C(N[C@@H](CO)C(=O)N[C@@H](Cc1ccc([N+](=O)[O-])cc1)C(=O)O)OCc1ccccc1. The molecule has 0 radical (unpaired) electrons. The molecule has 0 heterocycles. The highest BCUT2D eigenvalue weighted by molar-refractivity contribution is 5.89. The minimum Gasteiger partial charge on any atom is -0.480 e. The van der Waals surface area contributed by atoms with Crippen LogP contribution in [0.25, 0.3) is 0 Å². The number of aliphatic hydroxyl groups excluding tert-OH is 1. The highest BCUT2D eigenvalue weighted by Crippen LogP contribution is 2.13. The first kappa shape index (κ1) is 23.3. The zero-order valence-electron chi connectivity index (χ0n) is 16.3. The van der Waals surface area contributed by atoms with Crippen LogP contribution in [0.2, 0.25) is 0 Å². The van der Waals surface area contributed by atoms with Crippen LogP contribution in [-0.2, 0) is 27.4 Å². The molecule has 2 amide bonds. The normalized spacial score (nSPS) is 12.3. The van der Waals surface area contributed by atoms with Gasteiger partial charge in [0, 0.05) is 18.6 Å². The summed E-state index contributed by atoms with van der Waals surface area (Å²) >= 11 is 0. The summed E-state index contributed by atoms with van der Waals surface area (Å²) in [6.45, 7) is -0.833. The number of hydrogen-bond acceptors (Lipinski definition) is 7. The van der Waals surface area contributed by atoms with E-state index >= 15 is 0 Å². The van der Waals surface area contributed by atoms with Crippen molar-refractivity contribution in [2.45, 2.75) is 25.1 Å². The van der Waals surface area contributed by atoms with E-state index in [1.54, 1.807) is 30.3 Å². The molecule has 0 bridgehead atoms. The lowest BCUT2D eigenvalue weighted by molar-refractivity contribution is -0.384. The maximum absolute atomic E-state index is 12.3. The molecular formula is C20H21N3O8. The van der Waals surface area contributed by atoms with Crippen molar-refractivity contribution in [2.75, 3.05) is 6.61 Å². The minimum absolute atomic E-state index is 0.0513. The lowest BCUT2D eigenvalue weighted by Gasteiger charge is -2.20. The number of carboxylic acid groups (broad SMARTS) is 1. The number of rotatable bonds is 10. The lowest BCUT2D eigenvalue weighted by atomic mass is 10.1. The van der Waals surface area contributed by atoms with E-state index in [4.69, 9.17) is 4.74 Å². The molecule has 0 aliphatic rings. The van der Waals surface area contributed by atoms with Gasteiger partial charge in [0.15, 0.2) is 0 Å². The van der Waals surface area contributed by atoms with Crippen molar-refractivity contribution in [1.82, 2.24) is 10.6 Å². The van der Waals surface area contributed by atoms with Crippen LogP contribution in [0.5, 0.6) is 0 Å². The molecule has 0 aliphatic heterocycles. The highest BCUT2D eigenvalue weighted by atomic mass is 16.6. The second-order valence-corrected chi connectivity index (χ2v) is 6.47. The number of ether oxygens (including phenoxy) is 1. The Hall–Kier alpha value is -3.99. The Morgan fingerprint density at radius 1 is 0.968 bits per heavy atom. The third-order valence-corrected chi connectivity index (χ3v) is 4.21. The average molecular weight is 431 g/mol. The number of nitrogens with one attached hydrogen (secondary N) is 2. The van der Waals surface area contributed by atoms with Gasteiger partial charge in [-0.25, -0.2) is 9.59 Å². The monoisotopic (exact) mass is 431 g/mol. The van der Waals surface area contributed by atoms with Crippen molar-refractivity contribution in [3.8, 4) is 0 Å². The van der Waals surface area contributed by atoms with E-state index in [9.17, 15) is 34.7 Å². The van der Waals surface area contributed by atoms with Gasteiger partial charge in [0.1, 0.15) is 18.7 Å². The Labute approximate surface area is 176 Å². The van der Waals surface area contributed by atoms with Crippen LogP contribution in [0.1, 0.15) is 11.1 Å². The lowest BCUT2D eigenvalue weighted by Crippen LogP contribution is -2.53. The number of carboxylic acids is 1. The fraction of sp³-hybridized carbons (Fsp3) is 0.250. The van der Waals surface area contributed by atoms with Crippen LogP contribution >= 0.6 is 0 Å². The third kappa shape index (κ3) is 7.40. The first-order chi connectivity index (χ1) is 14.8. The number of amides is 2. The Bertz CT molecular complexity index is 918. The maximum Gasteiger partial charge on any atom is 0.408 e. The summed E-state index contributed by atoms with van der Waals surface area (Å²) in [6, 6.07) is 11.2. The topological polar surface area (TPSA) is 168 Å². The largest absolute Gasteiger partial charge is 0.480 e. The Balaban J connectivity index is 1.93. The quantitative estimate of drug-likeness (QED) is 0.319. The van der Waals surface area contributed by atoms with E-state index < -0.39 is 41.6 Å². The van der Waals surface area contributed by atoms with Crippen molar-refractivity contribution in [2.24, 2.45) is 0 Å². The van der Waals surface area contributed by atoms with Gasteiger partial charge in [-0.1, -0.05) is 42.5 Å². The zero-order chi connectivity index (χ0) is 22.8.